The van der Waals surface area contributed by atoms with Crippen LogP contribution in [0, 0.1) is 12.3 Å². The van der Waals surface area contributed by atoms with Gasteiger partial charge in [0.05, 0.1) is 10.7 Å². The largest absolute Gasteiger partial charge is 0.397 e. The van der Waals surface area contributed by atoms with Crippen LogP contribution in [0.15, 0.2) is 36.4 Å². The number of halogens is 1. The molecule has 0 radical (unpaired) electrons. The molecular weight excluding hydrogens is 628 g/mol. The van der Waals surface area contributed by atoms with Crippen molar-refractivity contribution in [3.8, 4) is 12.3 Å². The van der Waals surface area contributed by atoms with Gasteiger partial charge in [-0.25, -0.2) is 9.59 Å². The van der Waals surface area contributed by atoms with Crippen molar-refractivity contribution in [3.05, 3.63) is 58.1 Å². The second-order valence-electron chi connectivity index (χ2n) is 13.5. The minimum atomic E-state index is -0.801. The molecule has 0 bridgehead atoms. The number of para-hydroxylation sites is 1. The molecule has 6 rings (SSSR count). The first-order chi connectivity index (χ1) is 23.2. The van der Waals surface area contributed by atoms with E-state index in [1.165, 1.54) is 0 Å². The third-order valence-electron chi connectivity index (χ3n) is 10.5. The number of piperazine rings is 1. The van der Waals surface area contributed by atoms with Crippen LogP contribution in [0.4, 0.5) is 21.0 Å². The first-order valence-corrected chi connectivity index (χ1v) is 17.5. The quantitative estimate of drug-likeness (QED) is 0.320. The number of rotatable bonds is 6. The standard InChI is InChI=1S/C36H47ClN8O3/c1-3-26-22-25(23-30(37)33(26)38)24-32(34(46)43-20-18-42(19-21-43)28-9-13-41(2)14-10-28)40-35(47)44-15-11-29(12-16-44)45-17-8-27-6-4-5-7-31(27)39-36(45)48/h1,4-7,22-23,28-29,32H,8-21,24,38H2,2H3,(H,39,48)(H,40,47)/t32-/m1/s1. The number of urea groups is 2. The van der Waals surface area contributed by atoms with Crippen LogP contribution in [-0.4, -0.2) is 127 Å². The molecule has 1 atom stereocenters. The highest BCUT2D eigenvalue weighted by Gasteiger charge is 2.35. The molecule has 0 unspecified atom stereocenters. The van der Waals surface area contributed by atoms with Crippen LogP contribution >= 0.6 is 11.6 Å². The van der Waals surface area contributed by atoms with Crippen LogP contribution in [0.1, 0.15) is 42.4 Å². The van der Waals surface area contributed by atoms with E-state index in [1.807, 2.05) is 34.1 Å². The lowest BCUT2D eigenvalue weighted by Crippen LogP contribution is -2.59. The van der Waals surface area contributed by atoms with E-state index >= 15 is 0 Å². The summed E-state index contributed by atoms with van der Waals surface area (Å²) in [6.45, 7) is 6.65. The normalized spacial score (nSPS) is 20.8. The summed E-state index contributed by atoms with van der Waals surface area (Å²) in [5.74, 6) is 2.46. The Balaban J connectivity index is 1.10. The van der Waals surface area contributed by atoms with Crippen molar-refractivity contribution >= 4 is 40.9 Å². The molecule has 256 valence electrons. The van der Waals surface area contributed by atoms with Crippen LogP contribution in [0.2, 0.25) is 5.02 Å². The number of nitrogens with one attached hydrogen (secondary N) is 2. The second kappa shape index (κ2) is 15.1. The monoisotopic (exact) mass is 674 g/mol. The van der Waals surface area contributed by atoms with Crippen molar-refractivity contribution in [2.75, 3.05) is 77.0 Å². The zero-order valence-corrected chi connectivity index (χ0v) is 28.6. The second-order valence-corrected chi connectivity index (χ2v) is 13.9. The number of nitrogens with two attached hydrogens (primary N) is 1. The molecule has 0 spiro atoms. The molecule has 0 saturated carbocycles. The molecule has 12 heteroatoms. The maximum atomic E-state index is 14.1. The Morgan fingerprint density at radius 1 is 0.979 bits per heavy atom. The van der Waals surface area contributed by atoms with Gasteiger partial charge in [0.1, 0.15) is 6.04 Å². The number of hydrogen-bond donors (Lipinski definition) is 3. The van der Waals surface area contributed by atoms with E-state index in [0.29, 0.717) is 67.9 Å². The SMILES string of the molecule is C#Cc1cc(C[C@@H](NC(=O)N2CCC(N3CCc4ccccc4NC3=O)CC2)C(=O)N2CCN(C3CCN(C)CC3)CC2)cc(Cl)c1N. The van der Waals surface area contributed by atoms with Gasteiger partial charge >= 0.3 is 12.1 Å². The average Bonchev–Trinajstić information content (AvgIpc) is 3.27. The summed E-state index contributed by atoms with van der Waals surface area (Å²) in [4.78, 5) is 51.3. The first kappa shape index (κ1) is 33.9. The highest BCUT2D eigenvalue weighted by Crippen LogP contribution is 2.27. The molecule has 48 heavy (non-hydrogen) atoms. The topological polar surface area (TPSA) is 117 Å². The Labute approximate surface area is 288 Å². The number of nitrogen functional groups attached to an aromatic ring is 1. The minimum absolute atomic E-state index is 0.0285. The summed E-state index contributed by atoms with van der Waals surface area (Å²) in [5, 5.41) is 6.45. The van der Waals surface area contributed by atoms with Crippen LogP contribution in [0.5, 0.6) is 0 Å². The Hall–Kier alpha value is -3.98. The van der Waals surface area contributed by atoms with Crippen molar-refractivity contribution < 1.29 is 14.4 Å². The molecule has 2 aromatic carbocycles. The van der Waals surface area contributed by atoms with Gasteiger partial charge in [-0.2, -0.15) is 0 Å². The first-order valence-electron chi connectivity index (χ1n) is 17.2. The Bertz CT molecular complexity index is 1540. The van der Waals surface area contributed by atoms with E-state index < -0.39 is 6.04 Å². The predicted molar refractivity (Wildman–Crippen MR) is 189 cm³/mol. The molecule has 4 aliphatic rings. The summed E-state index contributed by atoms with van der Waals surface area (Å²) in [5.41, 5.74) is 9.58. The van der Waals surface area contributed by atoms with Crippen molar-refractivity contribution in [2.45, 2.75) is 56.7 Å². The van der Waals surface area contributed by atoms with Gasteiger partial charge in [0.25, 0.3) is 0 Å². The molecule has 4 N–H and O–H groups in total. The van der Waals surface area contributed by atoms with Gasteiger partial charge in [0.15, 0.2) is 0 Å². The summed E-state index contributed by atoms with van der Waals surface area (Å²) in [6, 6.07) is 10.8. The molecule has 5 amide bonds. The number of terminal acetylenes is 1. The molecule has 11 nitrogen and oxygen atoms in total. The van der Waals surface area contributed by atoms with Gasteiger partial charge in [0, 0.05) is 75.6 Å². The lowest BCUT2D eigenvalue weighted by atomic mass is 10.00. The molecule has 0 aromatic heterocycles. The third kappa shape index (κ3) is 7.67. The number of likely N-dealkylation sites (tertiary alicyclic amines) is 2. The third-order valence-corrected chi connectivity index (χ3v) is 10.9. The number of carbonyl (C=O) groups excluding carboxylic acids is 3. The molecule has 2 aromatic rings. The van der Waals surface area contributed by atoms with Crippen LogP contribution < -0.4 is 16.4 Å². The zero-order valence-electron chi connectivity index (χ0n) is 27.8. The van der Waals surface area contributed by atoms with E-state index in [-0.39, 0.29) is 30.4 Å². The Kier molecular flexibility index (Phi) is 10.6. The molecular formula is C36H47ClN8O3. The van der Waals surface area contributed by atoms with Gasteiger partial charge in [0.2, 0.25) is 5.91 Å². The highest BCUT2D eigenvalue weighted by molar-refractivity contribution is 6.33. The number of carbonyl (C=O) groups is 3. The smallest absolute Gasteiger partial charge is 0.322 e. The number of amides is 5. The maximum absolute atomic E-state index is 14.1. The fourth-order valence-electron chi connectivity index (χ4n) is 7.59. The van der Waals surface area contributed by atoms with E-state index in [1.54, 1.807) is 17.0 Å². The highest BCUT2D eigenvalue weighted by atomic mass is 35.5. The van der Waals surface area contributed by atoms with Crippen LogP contribution in [0.25, 0.3) is 0 Å². The number of hydrogen-bond acceptors (Lipinski definition) is 6. The Morgan fingerprint density at radius 2 is 1.67 bits per heavy atom. The molecule has 4 heterocycles. The number of benzene rings is 2. The van der Waals surface area contributed by atoms with E-state index in [0.717, 1.165) is 62.3 Å². The van der Waals surface area contributed by atoms with Gasteiger partial charge in [-0.15, -0.1) is 6.42 Å². The van der Waals surface area contributed by atoms with Gasteiger partial charge in [-0.1, -0.05) is 35.7 Å². The fraction of sp³-hybridized carbons (Fsp3) is 0.528. The molecule has 0 aliphatic carbocycles. The number of piperidine rings is 2. The fourth-order valence-corrected chi connectivity index (χ4v) is 7.84. The van der Waals surface area contributed by atoms with Gasteiger partial charge in [-0.3, -0.25) is 9.69 Å². The number of fused-ring (bicyclic) bond motifs is 1. The lowest BCUT2D eigenvalue weighted by Gasteiger charge is -2.43. The van der Waals surface area contributed by atoms with Gasteiger partial charge < -0.3 is 36.0 Å². The van der Waals surface area contributed by atoms with E-state index in [9.17, 15) is 14.4 Å². The summed E-state index contributed by atoms with van der Waals surface area (Å²) >= 11 is 6.41. The maximum Gasteiger partial charge on any atom is 0.322 e. The van der Waals surface area contributed by atoms with Crippen LogP contribution in [-0.2, 0) is 17.6 Å². The van der Waals surface area contributed by atoms with Crippen molar-refractivity contribution in [3.63, 3.8) is 0 Å². The van der Waals surface area contributed by atoms with E-state index in [2.05, 4.69) is 33.4 Å². The Morgan fingerprint density at radius 3 is 2.38 bits per heavy atom. The van der Waals surface area contributed by atoms with Crippen LogP contribution in [0.3, 0.4) is 0 Å². The summed E-state index contributed by atoms with van der Waals surface area (Å²) < 4.78 is 0. The number of anilines is 2. The molecule has 3 fully saturated rings. The molecule has 3 saturated heterocycles. The summed E-state index contributed by atoms with van der Waals surface area (Å²) in [6.07, 6.45) is 10.3. The predicted octanol–water partition coefficient (Wildman–Crippen LogP) is 3.32. The average molecular weight is 675 g/mol. The zero-order chi connectivity index (χ0) is 33.8. The van der Waals surface area contributed by atoms with Crippen molar-refractivity contribution in [1.82, 2.24) is 29.8 Å². The lowest BCUT2D eigenvalue weighted by molar-refractivity contribution is -0.135. The van der Waals surface area contributed by atoms with Crippen molar-refractivity contribution in [2.24, 2.45) is 0 Å². The van der Waals surface area contributed by atoms with E-state index in [4.69, 9.17) is 23.8 Å². The van der Waals surface area contributed by atoms with Crippen molar-refractivity contribution in [1.29, 1.82) is 0 Å². The summed E-state index contributed by atoms with van der Waals surface area (Å²) in [7, 11) is 2.16. The molecule has 4 aliphatic heterocycles. The number of nitrogens with zero attached hydrogens (tertiary/aromatic N) is 5. The van der Waals surface area contributed by atoms with Gasteiger partial charge in [-0.05, 0) is 81.6 Å². The minimum Gasteiger partial charge on any atom is -0.397 e.